The van der Waals surface area contributed by atoms with E-state index in [0.717, 1.165) is 0 Å². The number of nitrogens with one attached hydrogen (secondary N) is 1. The fourth-order valence-corrected chi connectivity index (χ4v) is 3.14. The fraction of sp³-hybridized carbons (Fsp3) is 0.214. The van der Waals surface area contributed by atoms with Gasteiger partial charge in [0.2, 0.25) is 5.96 Å². The third kappa shape index (κ3) is 3.96. The van der Waals surface area contributed by atoms with Crippen LogP contribution in [0.1, 0.15) is 28.3 Å². The molecule has 0 fully saturated rings. The van der Waals surface area contributed by atoms with Gasteiger partial charge < -0.3 is 16.8 Å². The first-order valence-electron chi connectivity index (χ1n) is 7.14. The van der Waals surface area contributed by atoms with Gasteiger partial charge in [-0.1, -0.05) is 0 Å². The molecule has 0 saturated carbocycles. The number of hydrogen-bond acceptors (Lipinski definition) is 4. The number of aryl methyl sites for hydroxylation is 1. The summed E-state index contributed by atoms with van der Waals surface area (Å²) in [5.74, 6) is -1.25. The fourth-order valence-electron chi connectivity index (χ4n) is 2.28. The smallest absolute Gasteiger partial charge is 0.333 e. The summed E-state index contributed by atoms with van der Waals surface area (Å²) in [4.78, 5) is 12.2. The van der Waals surface area contributed by atoms with Crippen molar-refractivity contribution in [3.8, 4) is 0 Å². The molecule has 2 aromatic rings. The normalized spacial score (nSPS) is 11.4. The number of alkyl halides is 2. The van der Waals surface area contributed by atoms with Crippen LogP contribution in [0.2, 0.25) is 0 Å². The molecule has 0 aliphatic rings. The van der Waals surface area contributed by atoms with Gasteiger partial charge in [0.25, 0.3) is 15.9 Å². The third-order valence-electron chi connectivity index (χ3n) is 3.37. The minimum atomic E-state index is -4.05. The Hall–Kier alpha value is -3.02. The molecule has 26 heavy (non-hydrogen) atoms. The maximum absolute atomic E-state index is 12.8. The average Bonchev–Trinajstić information content (AvgIpc) is 2.81. The van der Waals surface area contributed by atoms with Crippen molar-refractivity contribution >= 4 is 27.6 Å². The molecule has 0 aliphatic carbocycles. The first kappa shape index (κ1) is 19.3. The summed E-state index contributed by atoms with van der Waals surface area (Å²) in [6.07, 6.45) is 0. The lowest BCUT2D eigenvalue weighted by Crippen LogP contribution is -2.24. The van der Waals surface area contributed by atoms with Crippen molar-refractivity contribution in [3.63, 3.8) is 0 Å². The van der Waals surface area contributed by atoms with Crippen LogP contribution in [0.15, 0.2) is 33.6 Å². The van der Waals surface area contributed by atoms with Crippen LogP contribution in [0.4, 0.5) is 14.5 Å². The summed E-state index contributed by atoms with van der Waals surface area (Å²) in [6, 6.07) is 5.02. The summed E-state index contributed by atoms with van der Waals surface area (Å²) in [5.41, 5.74) is 10.5. The van der Waals surface area contributed by atoms with E-state index in [2.05, 4.69) is 14.8 Å². The predicted molar refractivity (Wildman–Crippen MR) is 90.3 cm³/mol. The Morgan fingerprint density at radius 1 is 1.23 bits per heavy atom. The molecule has 0 spiro atoms. The first-order chi connectivity index (χ1) is 12.0. The summed E-state index contributed by atoms with van der Waals surface area (Å²) in [6.45, 7) is -0.0761. The van der Waals surface area contributed by atoms with Crippen LogP contribution in [0.3, 0.4) is 0 Å². The number of guanidine groups is 1. The highest BCUT2D eigenvalue weighted by Gasteiger charge is 2.22. The minimum Gasteiger partial charge on any atom is -0.369 e. The summed E-state index contributed by atoms with van der Waals surface area (Å²) in [7, 11) is -4.05. The number of sulfonamides is 1. The Labute approximate surface area is 147 Å². The molecule has 140 valence electrons. The maximum atomic E-state index is 12.8. The Balaban J connectivity index is 2.25. The molecule has 9 nitrogen and oxygen atoms in total. The highest BCUT2D eigenvalue weighted by molar-refractivity contribution is 7.90. The number of rotatable bonds is 5. The zero-order valence-corrected chi connectivity index (χ0v) is 14.6. The molecule has 0 saturated heterocycles. The van der Waals surface area contributed by atoms with Crippen molar-refractivity contribution in [1.82, 2.24) is 9.78 Å². The molecular formula is C14H16F2N6O3S. The van der Waals surface area contributed by atoms with Crippen LogP contribution < -0.4 is 16.8 Å². The van der Waals surface area contributed by atoms with Crippen LogP contribution in [-0.2, 0) is 10.0 Å². The van der Waals surface area contributed by atoms with Gasteiger partial charge in [0, 0.05) is 5.69 Å². The van der Waals surface area contributed by atoms with E-state index >= 15 is 0 Å². The number of hydrogen-bond donors (Lipinski definition) is 3. The lowest BCUT2D eigenvalue weighted by molar-refractivity contribution is 0.0540. The second kappa shape index (κ2) is 7.07. The maximum Gasteiger partial charge on any atom is 0.333 e. The van der Waals surface area contributed by atoms with Crippen molar-refractivity contribution < 1.29 is 22.0 Å². The van der Waals surface area contributed by atoms with E-state index in [1.807, 2.05) is 0 Å². The molecule has 0 atom stereocenters. The minimum absolute atomic E-state index is 0.0157. The highest BCUT2D eigenvalue weighted by atomic mass is 32.2. The average molecular weight is 386 g/mol. The van der Waals surface area contributed by atoms with E-state index in [-0.39, 0.29) is 27.5 Å². The molecule has 2 rings (SSSR count). The Bertz CT molecular complexity index is 963. The largest absolute Gasteiger partial charge is 0.369 e. The topological polar surface area (TPSA) is 145 Å². The molecule has 0 aliphatic heterocycles. The summed E-state index contributed by atoms with van der Waals surface area (Å²) in [5, 5.41) is 6.13. The van der Waals surface area contributed by atoms with Crippen molar-refractivity contribution in [2.45, 2.75) is 25.3 Å². The van der Waals surface area contributed by atoms with Gasteiger partial charge in [-0.2, -0.15) is 22.3 Å². The predicted octanol–water partition coefficient (Wildman–Crippen LogP) is 1.11. The van der Waals surface area contributed by atoms with Gasteiger partial charge >= 0.3 is 6.55 Å². The Morgan fingerprint density at radius 3 is 2.27 bits per heavy atom. The third-order valence-corrected chi connectivity index (χ3v) is 4.69. The molecule has 1 amide bonds. The van der Waals surface area contributed by atoms with Gasteiger partial charge in [-0.05, 0) is 38.1 Å². The zero-order valence-electron chi connectivity index (χ0n) is 13.8. The molecular weight excluding hydrogens is 370 g/mol. The van der Waals surface area contributed by atoms with Gasteiger partial charge in [-0.3, -0.25) is 4.79 Å². The second-order valence-electron chi connectivity index (χ2n) is 5.24. The van der Waals surface area contributed by atoms with E-state index in [1.165, 1.54) is 38.1 Å². The number of carbonyl (C=O) groups excluding carboxylic acids is 1. The Morgan fingerprint density at radius 2 is 1.81 bits per heavy atom. The van der Waals surface area contributed by atoms with Crippen LogP contribution in [0, 0.1) is 13.8 Å². The number of anilines is 1. The van der Waals surface area contributed by atoms with Gasteiger partial charge in [0.15, 0.2) is 0 Å². The quantitative estimate of drug-likeness (QED) is 0.518. The standard InChI is InChI=1S/C14H16F2N6O3S/c1-7-11(8(2)22(20-7)13(15)16)12(23)19-9-3-5-10(6-4-9)26(24,25)21-14(17)18/h3-6,13H,1-2H3,(H,19,23)(H4,17,18,21). The number of benzene rings is 1. The van der Waals surface area contributed by atoms with Crippen molar-refractivity contribution in [2.24, 2.45) is 15.9 Å². The first-order valence-corrected chi connectivity index (χ1v) is 8.58. The lowest BCUT2D eigenvalue weighted by Gasteiger charge is -2.07. The number of aromatic nitrogens is 2. The number of halogens is 2. The van der Waals surface area contributed by atoms with Gasteiger partial charge in [0.05, 0.1) is 21.8 Å². The van der Waals surface area contributed by atoms with E-state index in [1.54, 1.807) is 0 Å². The van der Waals surface area contributed by atoms with Crippen LogP contribution in [0.25, 0.3) is 0 Å². The molecule has 1 heterocycles. The molecule has 12 heteroatoms. The van der Waals surface area contributed by atoms with Crippen LogP contribution >= 0.6 is 0 Å². The summed E-state index contributed by atoms with van der Waals surface area (Å²) >= 11 is 0. The highest BCUT2D eigenvalue weighted by Crippen LogP contribution is 2.21. The number of nitrogens with zero attached hydrogens (tertiary/aromatic N) is 3. The monoisotopic (exact) mass is 386 g/mol. The zero-order chi connectivity index (χ0) is 19.6. The van der Waals surface area contributed by atoms with Gasteiger partial charge in [-0.25, -0.2) is 4.68 Å². The van der Waals surface area contributed by atoms with Gasteiger partial charge in [-0.15, -0.1) is 4.40 Å². The second-order valence-corrected chi connectivity index (χ2v) is 6.84. The number of carbonyl (C=O) groups is 1. The van der Waals surface area contributed by atoms with E-state index in [4.69, 9.17) is 11.5 Å². The molecule has 0 unspecified atom stereocenters. The van der Waals surface area contributed by atoms with Crippen molar-refractivity contribution in [1.29, 1.82) is 0 Å². The van der Waals surface area contributed by atoms with Gasteiger partial charge in [0.1, 0.15) is 0 Å². The molecule has 0 radical (unpaired) electrons. The SMILES string of the molecule is Cc1nn(C(F)F)c(C)c1C(=O)Nc1ccc(S(=O)(=O)N=C(N)N)cc1. The molecule has 5 N–H and O–H groups in total. The van der Waals surface area contributed by atoms with Crippen molar-refractivity contribution in [2.75, 3.05) is 5.32 Å². The summed E-state index contributed by atoms with van der Waals surface area (Å²) < 4.78 is 52.9. The van der Waals surface area contributed by atoms with E-state index in [9.17, 15) is 22.0 Å². The Kier molecular flexibility index (Phi) is 5.25. The van der Waals surface area contributed by atoms with E-state index < -0.39 is 28.4 Å². The van der Waals surface area contributed by atoms with E-state index in [0.29, 0.717) is 4.68 Å². The molecule has 1 aromatic heterocycles. The van der Waals surface area contributed by atoms with Crippen LogP contribution in [-0.4, -0.2) is 30.1 Å². The number of nitrogens with two attached hydrogens (primary N) is 2. The van der Waals surface area contributed by atoms with Crippen LogP contribution in [0.5, 0.6) is 0 Å². The molecule has 1 aromatic carbocycles. The lowest BCUT2D eigenvalue weighted by atomic mass is 10.2. The number of amides is 1. The molecule has 0 bridgehead atoms. The van der Waals surface area contributed by atoms with Crippen molar-refractivity contribution in [3.05, 3.63) is 41.2 Å².